The van der Waals surface area contributed by atoms with Crippen molar-refractivity contribution in [2.75, 3.05) is 12.0 Å². The third kappa shape index (κ3) is 2.23. The van der Waals surface area contributed by atoms with Gasteiger partial charge in [-0.25, -0.2) is 9.90 Å². The lowest BCUT2D eigenvalue weighted by molar-refractivity contribution is 0.533. The lowest BCUT2D eigenvalue weighted by Crippen LogP contribution is -2.32. The van der Waals surface area contributed by atoms with Crippen molar-refractivity contribution in [1.82, 2.24) is 15.0 Å². The summed E-state index contributed by atoms with van der Waals surface area (Å²) in [5, 5.41) is 6.05. The van der Waals surface area contributed by atoms with Crippen molar-refractivity contribution < 1.29 is 0 Å². The van der Waals surface area contributed by atoms with Crippen LogP contribution in [0.2, 0.25) is 0 Å². The molecule has 1 heterocycles. The van der Waals surface area contributed by atoms with Gasteiger partial charge in [0.25, 0.3) is 5.43 Å². The summed E-state index contributed by atoms with van der Waals surface area (Å²) in [6.45, 7) is 0.608. The van der Waals surface area contributed by atoms with Gasteiger partial charge in [0.1, 0.15) is 6.20 Å². The second kappa shape index (κ2) is 4.10. The van der Waals surface area contributed by atoms with Crippen LogP contribution in [-0.2, 0) is 6.54 Å². The van der Waals surface area contributed by atoms with E-state index in [1.165, 1.54) is 4.80 Å². The molecule has 0 bridgehead atoms. The minimum Gasteiger partial charge on any atom is -0.282 e. The van der Waals surface area contributed by atoms with Crippen molar-refractivity contribution in [2.45, 2.75) is 6.54 Å². The van der Waals surface area contributed by atoms with Gasteiger partial charge in [-0.15, -0.1) is 0 Å². The number of thioether (sulfide) groups is 1. The first-order valence-corrected chi connectivity index (χ1v) is 4.79. The van der Waals surface area contributed by atoms with E-state index >= 15 is 0 Å². The lowest BCUT2D eigenvalue weighted by atomic mass is 10.7. The van der Waals surface area contributed by atoms with Gasteiger partial charge in [-0.1, -0.05) is 0 Å². The van der Waals surface area contributed by atoms with Crippen molar-refractivity contribution in [2.24, 2.45) is 0 Å². The van der Waals surface area contributed by atoms with Crippen LogP contribution in [0.15, 0.2) is 15.8 Å². The molecule has 0 aliphatic heterocycles. The molecule has 1 aromatic heterocycles. The summed E-state index contributed by atoms with van der Waals surface area (Å²) in [6, 6.07) is 0. The number of rotatable bonds is 3. The van der Waals surface area contributed by atoms with Gasteiger partial charge in [-0.05, 0) is 6.26 Å². The molecule has 0 atom stereocenters. The number of nitrogens with zero attached hydrogens (tertiary/aromatic N) is 2. The fourth-order valence-corrected chi connectivity index (χ4v) is 1.03. The molecule has 1 rings (SSSR count). The van der Waals surface area contributed by atoms with E-state index in [1.807, 2.05) is 6.26 Å². The molecule has 5 nitrogen and oxygen atoms in total. The zero-order valence-electron chi connectivity index (χ0n) is 6.61. The molecule has 66 valence electrons. The molecule has 0 aliphatic carbocycles. The Hall–Kier alpha value is -1.04. The summed E-state index contributed by atoms with van der Waals surface area (Å²) in [5.74, 6) is 0.853. The normalized spacial score (nSPS) is 10.1. The SMILES string of the molecule is CSCCn1ncc(=O)c(=O)[nH]1. The highest BCUT2D eigenvalue weighted by atomic mass is 32.2. The molecule has 0 aromatic carbocycles. The van der Waals surface area contributed by atoms with E-state index < -0.39 is 11.0 Å². The topological polar surface area (TPSA) is 67.8 Å². The maximum absolute atomic E-state index is 10.8. The highest BCUT2D eigenvalue weighted by Crippen LogP contribution is 1.90. The van der Waals surface area contributed by atoms with Crippen molar-refractivity contribution in [3.63, 3.8) is 0 Å². The Kier molecular flexibility index (Phi) is 3.09. The second-order valence-corrected chi connectivity index (χ2v) is 3.15. The fraction of sp³-hybridized carbons (Fsp3) is 0.500. The number of aromatic amines is 1. The number of hydrogen-bond acceptors (Lipinski definition) is 4. The Morgan fingerprint density at radius 3 is 3.00 bits per heavy atom. The van der Waals surface area contributed by atoms with Crippen LogP contribution in [0.3, 0.4) is 0 Å². The number of H-pyrrole nitrogens is 1. The Morgan fingerprint density at radius 2 is 2.42 bits per heavy atom. The smallest absolute Gasteiger partial charge is 0.282 e. The minimum absolute atomic E-state index is 0.601. The Bertz CT molecular complexity index is 356. The van der Waals surface area contributed by atoms with Gasteiger partial charge in [0, 0.05) is 5.75 Å². The molecule has 1 N–H and O–H groups in total. The molecule has 0 fully saturated rings. The molecule has 0 aliphatic rings. The number of aryl methyl sites for hydroxylation is 1. The molecular formula is C6H9N3O2S. The average Bonchev–Trinajstić information content (AvgIpc) is 2.07. The molecule has 6 heteroatoms. The quantitative estimate of drug-likeness (QED) is 0.635. The van der Waals surface area contributed by atoms with E-state index in [-0.39, 0.29) is 0 Å². The summed E-state index contributed by atoms with van der Waals surface area (Å²) in [4.78, 5) is 22.7. The first-order chi connectivity index (χ1) is 5.74. The second-order valence-electron chi connectivity index (χ2n) is 2.17. The maximum Gasteiger partial charge on any atom is 0.313 e. The first-order valence-electron chi connectivity index (χ1n) is 3.39. The highest BCUT2D eigenvalue weighted by Gasteiger charge is 1.94. The number of hydrogen-bond donors (Lipinski definition) is 1. The van der Waals surface area contributed by atoms with Crippen LogP contribution < -0.4 is 11.0 Å². The van der Waals surface area contributed by atoms with E-state index in [0.29, 0.717) is 6.54 Å². The molecule has 0 saturated heterocycles. The Morgan fingerprint density at radius 1 is 1.67 bits per heavy atom. The Balaban J connectivity index is 2.83. The van der Waals surface area contributed by atoms with E-state index in [0.717, 1.165) is 11.9 Å². The minimum atomic E-state index is -0.619. The third-order valence-corrected chi connectivity index (χ3v) is 1.87. The monoisotopic (exact) mass is 187 g/mol. The summed E-state index contributed by atoms with van der Waals surface area (Å²) >= 11 is 1.65. The van der Waals surface area contributed by atoms with E-state index in [2.05, 4.69) is 10.2 Å². The molecule has 0 saturated carbocycles. The average molecular weight is 187 g/mol. The van der Waals surface area contributed by atoms with Crippen LogP contribution in [0.1, 0.15) is 0 Å². The van der Waals surface area contributed by atoms with Crippen molar-refractivity contribution in [3.8, 4) is 0 Å². The van der Waals surface area contributed by atoms with Gasteiger partial charge in [0.05, 0.1) is 6.54 Å². The van der Waals surface area contributed by atoms with Crippen molar-refractivity contribution >= 4 is 11.8 Å². The summed E-state index contributed by atoms with van der Waals surface area (Å²) in [7, 11) is 0. The highest BCUT2D eigenvalue weighted by molar-refractivity contribution is 7.98. The maximum atomic E-state index is 10.8. The first kappa shape index (κ1) is 9.05. The van der Waals surface area contributed by atoms with E-state index in [1.54, 1.807) is 11.8 Å². The third-order valence-electron chi connectivity index (χ3n) is 1.28. The van der Waals surface area contributed by atoms with Gasteiger partial charge >= 0.3 is 5.56 Å². The predicted molar refractivity (Wildman–Crippen MR) is 47.5 cm³/mol. The van der Waals surface area contributed by atoms with Gasteiger partial charge in [0.2, 0.25) is 0 Å². The van der Waals surface area contributed by atoms with Crippen molar-refractivity contribution in [3.05, 3.63) is 26.8 Å². The van der Waals surface area contributed by atoms with Crippen LogP contribution in [0.25, 0.3) is 0 Å². The van der Waals surface area contributed by atoms with Gasteiger partial charge in [-0.2, -0.15) is 16.9 Å². The molecule has 0 spiro atoms. The summed E-state index contributed by atoms with van der Waals surface area (Å²) < 4.78 is 0. The molecule has 12 heavy (non-hydrogen) atoms. The summed E-state index contributed by atoms with van der Waals surface area (Å²) in [6.07, 6.45) is 2.99. The predicted octanol–water partition coefficient (Wildman–Crippen LogP) is -0.705. The van der Waals surface area contributed by atoms with E-state index in [9.17, 15) is 9.59 Å². The number of aromatic nitrogens is 3. The zero-order valence-corrected chi connectivity index (χ0v) is 7.43. The van der Waals surface area contributed by atoms with Gasteiger partial charge in [-0.3, -0.25) is 9.59 Å². The molecule has 0 radical (unpaired) electrons. The van der Waals surface area contributed by atoms with Crippen LogP contribution >= 0.6 is 11.8 Å². The molecule has 0 amide bonds. The van der Waals surface area contributed by atoms with Crippen molar-refractivity contribution in [1.29, 1.82) is 0 Å². The van der Waals surface area contributed by atoms with Gasteiger partial charge < -0.3 is 0 Å². The summed E-state index contributed by atoms with van der Waals surface area (Å²) in [5.41, 5.74) is -1.22. The standard InChI is InChI=1S/C6H9N3O2S/c1-12-3-2-9-7-4-5(10)6(11)8-9/h4H,2-3H2,1H3,(H,8,11). The van der Waals surface area contributed by atoms with Crippen LogP contribution in [0.4, 0.5) is 0 Å². The lowest BCUT2D eigenvalue weighted by Gasteiger charge is -2.00. The largest absolute Gasteiger partial charge is 0.313 e. The Labute approximate surface area is 72.8 Å². The van der Waals surface area contributed by atoms with Crippen LogP contribution in [0, 0.1) is 0 Å². The van der Waals surface area contributed by atoms with Crippen LogP contribution in [-0.4, -0.2) is 27.0 Å². The molecule has 1 aromatic rings. The van der Waals surface area contributed by atoms with Gasteiger partial charge in [0.15, 0.2) is 0 Å². The fourth-order valence-electron chi connectivity index (χ4n) is 0.673. The van der Waals surface area contributed by atoms with E-state index in [4.69, 9.17) is 0 Å². The van der Waals surface area contributed by atoms with Crippen LogP contribution in [0.5, 0.6) is 0 Å². The molecule has 0 unspecified atom stereocenters. The zero-order chi connectivity index (χ0) is 8.97. The number of nitrogens with one attached hydrogen (secondary N) is 1. The molecular weight excluding hydrogens is 178 g/mol.